The van der Waals surface area contributed by atoms with Crippen molar-refractivity contribution in [2.45, 2.75) is 13.5 Å². The third kappa shape index (κ3) is 4.94. The van der Waals surface area contributed by atoms with Crippen molar-refractivity contribution in [3.05, 3.63) is 35.4 Å². The van der Waals surface area contributed by atoms with Crippen molar-refractivity contribution < 1.29 is 19.3 Å². The lowest BCUT2D eigenvalue weighted by Gasteiger charge is -2.10. The van der Waals surface area contributed by atoms with Crippen molar-refractivity contribution in [2.24, 2.45) is 16.0 Å². The van der Waals surface area contributed by atoms with Crippen LogP contribution in [-0.2, 0) is 21.1 Å². The molecule has 3 N–H and O–H groups in total. The largest absolute Gasteiger partial charge is 0.398 e. The number of rotatable bonds is 6. The molecule has 0 heterocycles. The number of benzene rings is 1. The standard InChI is InChI=1S/C13H16N4O4/c1-3-15-21-8-9-6-4-5-7-10(9)11(17-20-2)12(18)16-13(14)19/h3-7H,8H2,1-2H3,(H3,14,16,18,19)/b15-3-,17-11+. The summed E-state index contributed by atoms with van der Waals surface area (Å²) < 4.78 is 0. The van der Waals surface area contributed by atoms with Gasteiger partial charge in [0.15, 0.2) is 5.71 Å². The number of carbonyl (C=O) groups is 2. The lowest BCUT2D eigenvalue weighted by molar-refractivity contribution is -0.113. The van der Waals surface area contributed by atoms with Gasteiger partial charge in [-0.3, -0.25) is 10.1 Å². The van der Waals surface area contributed by atoms with Gasteiger partial charge in [0.1, 0.15) is 13.7 Å². The highest BCUT2D eigenvalue weighted by Crippen LogP contribution is 2.12. The number of hydrogen-bond donors (Lipinski definition) is 2. The number of carbonyl (C=O) groups excluding carboxylic acids is 2. The van der Waals surface area contributed by atoms with E-state index in [1.54, 1.807) is 31.2 Å². The highest BCUT2D eigenvalue weighted by molar-refractivity contribution is 6.47. The minimum atomic E-state index is -0.979. The van der Waals surface area contributed by atoms with Crippen LogP contribution < -0.4 is 11.1 Å². The monoisotopic (exact) mass is 292 g/mol. The third-order valence-corrected chi connectivity index (χ3v) is 2.31. The first-order valence-corrected chi connectivity index (χ1v) is 6.00. The number of nitrogens with zero attached hydrogens (tertiary/aromatic N) is 2. The van der Waals surface area contributed by atoms with Gasteiger partial charge in [-0.25, -0.2) is 4.79 Å². The topological polar surface area (TPSA) is 115 Å². The molecule has 1 aromatic rings. The van der Waals surface area contributed by atoms with Crippen molar-refractivity contribution in [3.8, 4) is 0 Å². The molecule has 0 unspecified atom stereocenters. The molecule has 0 radical (unpaired) electrons. The van der Waals surface area contributed by atoms with Crippen molar-refractivity contribution >= 4 is 23.9 Å². The van der Waals surface area contributed by atoms with Crippen LogP contribution in [0.4, 0.5) is 4.79 Å². The van der Waals surface area contributed by atoms with Gasteiger partial charge in [-0.1, -0.05) is 34.6 Å². The molecule has 0 fully saturated rings. The Bertz CT molecular complexity index is 569. The zero-order valence-electron chi connectivity index (χ0n) is 11.7. The Labute approximate surface area is 121 Å². The van der Waals surface area contributed by atoms with Crippen LogP contribution in [0, 0.1) is 0 Å². The fraction of sp³-hybridized carbons (Fsp3) is 0.231. The van der Waals surface area contributed by atoms with Gasteiger partial charge < -0.3 is 15.4 Å². The molecule has 0 aliphatic heterocycles. The molecular formula is C13H16N4O4. The molecule has 8 nitrogen and oxygen atoms in total. The Hall–Kier alpha value is -2.90. The van der Waals surface area contributed by atoms with E-state index in [-0.39, 0.29) is 12.3 Å². The molecule has 0 bridgehead atoms. The number of nitrogens with one attached hydrogen (secondary N) is 1. The molecule has 1 rings (SSSR count). The van der Waals surface area contributed by atoms with E-state index in [2.05, 4.69) is 15.1 Å². The predicted octanol–water partition coefficient (Wildman–Crippen LogP) is 0.754. The van der Waals surface area contributed by atoms with Gasteiger partial charge in [-0.2, -0.15) is 0 Å². The number of amides is 3. The normalized spacial score (nSPS) is 11.2. The second kappa shape index (κ2) is 8.31. The Morgan fingerprint density at radius 3 is 2.71 bits per heavy atom. The molecule has 8 heteroatoms. The Balaban J connectivity index is 3.11. The van der Waals surface area contributed by atoms with Crippen LogP contribution in [0.5, 0.6) is 0 Å². The first-order valence-electron chi connectivity index (χ1n) is 6.00. The minimum Gasteiger partial charge on any atom is -0.398 e. The molecule has 0 atom stereocenters. The molecular weight excluding hydrogens is 276 g/mol. The van der Waals surface area contributed by atoms with Gasteiger partial charge in [-0.05, 0) is 6.92 Å². The average Bonchev–Trinajstić information content (AvgIpc) is 2.45. The number of nitrogens with two attached hydrogens (primary N) is 1. The van der Waals surface area contributed by atoms with Crippen LogP contribution in [0.2, 0.25) is 0 Å². The van der Waals surface area contributed by atoms with E-state index in [4.69, 9.17) is 10.6 Å². The maximum atomic E-state index is 11.9. The van der Waals surface area contributed by atoms with Gasteiger partial charge in [0.2, 0.25) is 0 Å². The molecule has 0 spiro atoms. The molecule has 112 valence electrons. The predicted molar refractivity (Wildman–Crippen MR) is 76.7 cm³/mol. The van der Waals surface area contributed by atoms with Crippen LogP contribution in [0.3, 0.4) is 0 Å². The van der Waals surface area contributed by atoms with E-state index in [9.17, 15) is 9.59 Å². The number of oxime groups is 2. The van der Waals surface area contributed by atoms with Gasteiger partial charge in [-0.15, -0.1) is 0 Å². The number of primary amides is 1. The maximum absolute atomic E-state index is 11.9. The third-order valence-electron chi connectivity index (χ3n) is 2.31. The molecule has 21 heavy (non-hydrogen) atoms. The molecule has 0 aliphatic carbocycles. The van der Waals surface area contributed by atoms with E-state index < -0.39 is 11.9 Å². The summed E-state index contributed by atoms with van der Waals surface area (Å²) in [5.74, 6) is -0.768. The maximum Gasteiger partial charge on any atom is 0.319 e. The van der Waals surface area contributed by atoms with Crippen LogP contribution in [0.1, 0.15) is 18.1 Å². The molecule has 3 amide bonds. The summed E-state index contributed by atoms with van der Waals surface area (Å²) in [4.78, 5) is 32.4. The Kier molecular flexibility index (Phi) is 6.39. The van der Waals surface area contributed by atoms with Crippen molar-refractivity contribution in [1.82, 2.24) is 5.32 Å². The van der Waals surface area contributed by atoms with E-state index in [0.717, 1.165) is 0 Å². The summed E-state index contributed by atoms with van der Waals surface area (Å²) in [6.07, 6.45) is 1.49. The minimum absolute atomic E-state index is 0.0871. The Morgan fingerprint density at radius 2 is 2.10 bits per heavy atom. The molecule has 0 aliphatic rings. The van der Waals surface area contributed by atoms with Crippen LogP contribution in [0.15, 0.2) is 34.6 Å². The molecule has 1 aromatic carbocycles. The lowest BCUT2D eigenvalue weighted by atomic mass is 10.0. The fourth-order valence-electron chi connectivity index (χ4n) is 1.53. The van der Waals surface area contributed by atoms with Crippen LogP contribution in [0.25, 0.3) is 0 Å². The molecule has 0 saturated heterocycles. The first-order chi connectivity index (χ1) is 10.1. The average molecular weight is 292 g/mol. The highest BCUT2D eigenvalue weighted by atomic mass is 16.6. The number of urea groups is 1. The summed E-state index contributed by atoms with van der Waals surface area (Å²) in [6, 6.07) is 5.89. The smallest absolute Gasteiger partial charge is 0.319 e. The van der Waals surface area contributed by atoms with E-state index in [1.165, 1.54) is 13.3 Å². The van der Waals surface area contributed by atoms with Gasteiger partial charge in [0, 0.05) is 17.3 Å². The summed E-state index contributed by atoms with van der Waals surface area (Å²) in [6.45, 7) is 1.84. The summed E-state index contributed by atoms with van der Waals surface area (Å²) in [5, 5.41) is 9.21. The SMILES string of the molecule is C/C=N\OCc1ccccc1/C(=N\OC)C(=O)NC(N)=O. The van der Waals surface area contributed by atoms with Crippen LogP contribution in [-0.4, -0.2) is 31.0 Å². The van der Waals surface area contributed by atoms with Crippen LogP contribution >= 0.6 is 0 Å². The first kappa shape index (κ1) is 16.2. The van der Waals surface area contributed by atoms with Crippen molar-refractivity contribution in [3.63, 3.8) is 0 Å². The van der Waals surface area contributed by atoms with Gasteiger partial charge in [0.05, 0.1) is 0 Å². The quantitative estimate of drug-likeness (QED) is 0.594. The van der Waals surface area contributed by atoms with Gasteiger partial charge >= 0.3 is 6.03 Å². The second-order valence-corrected chi connectivity index (χ2v) is 3.74. The highest BCUT2D eigenvalue weighted by Gasteiger charge is 2.19. The second-order valence-electron chi connectivity index (χ2n) is 3.74. The van der Waals surface area contributed by atoms with E-state index in [1.807, 2.05) is 5.32 Å². The summed E-state index contributed by atoms with van der Waals surface area (Å²) in [5.41, 5.74) is 5.94. The Morgan fingerprint density at radius 1 is 1.38 bits per heavy atom. The zero-order valence-corrected chi connectivity index (χ0v) is 11.7. The number of imide groups is 1. The summed E-state index contributed by atoms with van der Waals surface area (Å²) in [7, 11) is 1.29. The molecule has 0 saturated carbocycles. The van der Waals surface area contributed by atoms with Crippen molar-refractivity contribution in [1.29, 1.82) is 0 Å². The van der Waals surface area contributed by atoms with Crippen molar-refractivity contribution in [2.75, 3.05) is 7.11 Å². The van der Waals surface area contributed by atoms with Gasteiger partial charge in [0.25, 0.3) is 5.91 Å². The molecule has 0 aromatic heterocycles. The summed E-state index contributed by atoms with van der Waals surface area (Å²) >= 11 is 0. The number of hydrogen-bond acceptors (Lipinski definition) is 6. The van der Waals surface area contributed by atoms with E-state index in [0.29, 0.717) is 11.1 Å². The fourth-order valence-corrected chi connectivity index (χ4v) is 1.53. The lowest BCUT2D eigenvalue weighted by Crippen LogP contribution is -2.40. The zero-order chi connectivity index (χ0) is 15.7. The van der Waals surface area contributed by atoms with E-state index >= 15 is 0 Å².